The van der Waals surface area contributed by atoms with Crippen molar-refractivity contribution in [2.45, 2.75) is 13.0 Å². The predicted molar refractivity (Wildman–Crippen MR) is 78.1 cm³/mol. The first-order valence-electron chi connectivity index (χ1n) is 5.82. The summed E-state index contributed by atoms with van der Waals surface area (Å²) in [6, 6.07) is 7.61. The fourth-order valence-electron chi connectivity index (χ4n) is 1.63. The first kappa shape index (κ1) is 14.1. The number of benzene rings is 1. The van der Waals surface area contributed by atoms with E-state index >= 15 is 0 Å². The largest absolute Gasteiger partial charge is 0.354 e. The van der Waals surface area contributed by atoms with Crippen molar-refractivity contribution in [2.75, 3.05) is 6.54 Å². The molecule has 0 aliphatic heterocycles. The Hall–Kier alpha value is -1.33. The van der Waals surface area contributed by atoms with E-state index in [1.165, 1.54) is 0 Å². The van der Waals surface area contributed by atoms with Crippen LogP contribution in [-0.4, -0.2) is 22.2 Å². The monoisotopic (exact) mass is 341 g/mol. The van der Waals surface area contributed by atoms with E-state index in [1.807, 2.05) is 24.3 Å². The SMILES string of the molecule is O=C(Cn1cc(Br)cn1)NCCc1ccc(Cl)cc1. The van der Waals surface area contributed by atoms with E-state index in [0.29, 0.717) is 6.54 Å². The Morgan fingerprint density at radius 3 is 2.74 bits per heavy atom. The molecule has 1 aromatic heterocycles. The lowest BCUT2D eigenvalue weighted by Gasteiger charge is -2.05. The molecule has 0 bridgehead atoms. The molecule has 1 N–H and O–H groups in total. The van der Waals surface area contributed by atoms with Crippen molar-refractivity contribution in [3.63, 3.8) is 0 Å². The van der Waals surface area contributed by atoms with Crippen LogP contribution in [0.1, 0.15) is 5.56 Å². The molecule has 1 amide bonds. The van der Waals surface area contributed by atoms with Gasteiger partial charge in [-0.05, 0) is 40.0 Å². The molecule has 1 heterocycles. The smallest absolute Gasteiger partial charge is 0.241 e. The summed E-state index contributed by atoms with van der Waals surface area (Å²) in [5, 5.41) is 7.60. The van der Waals surface area contributed by atoms with Gasteiger partial charge in [0.1, 0.15) is 6.54 Å². The molecule has 0 aliphatic carbocycles. The van der Waals surface area contributed by atoms with Gasteiger partial charge in [0.15, 0.2) is 0 Å². The number of hydrogen-bond acceptors (Lipinski definition) is 2. The summed E-state index contributed by atoms with van der Waals surface area (Å²) in [5.74, 6) is -0.0513. The number of nitrogens with one attached hydrogen (secondary N) is 1. The van der Waals surface area contributed by atoms with E-state index in [1.54, 1.807) is 17.1 Å². The van der Waals surface area contributed by atoms with Crippen molar-refractivity contribution in [1.82, 2.24) is 15.1 Å². The molecule has 4 nitrogen and oxygen atoms in total. The number of carbonyl (C=O) groups is 1. The maximum atomic E-state index is 11.7. The first-order valence-corrected chi connectivity index (χ1v) is 7.00. The van der Waals surface area contributed by atoms with Crippen LogP contribution in [0.4, 0.5) is 0 Å². The number of amides is 1. The molecule has 0 unspecified atom stereocenters. The van der Waals surface area contributed by atoms with Crippen molar-refractivity contribution < 1.29 is 4.79 Å². The Labute approximate surface area is 124 Å². The molecule has 0 radical (unpaired) electrons. The lowest BCUT2D eigenvalue weighted by atomic mass is 10.1. The second-order valence-corrected chi connectivity index (χ2v) is 5.43. The summed E-state index contributed by atoms with van der Waals surface area (Å²) in [7, 11) is 0. The summed E-state index contributed by atoms with van der Waals surface area (Å²) >= 11 is 9.09. The highest BCUT2D eigenvalue weighted by molar-refractivity contribution is 9.10. The third-order valence-electron chi connectivity index (χ3n) is 2.56. The van der Waals surface area contributed by atoms with Crippen molar-refractivity contribution in [3.8, 4) is 0 Å². The molecule has 0 saturated carbocycles. The summed E-state index contributed by atoms with van der Waals surface area (Å²) in [4.78, 5) is 11.7. The maximum absolute atomic E-state index is 11.7. The number of halogens is 2. The second-order valence-electron chi connectivity index (χ2n) is 4.08. The van der Waals surface area contributed by atoms with E-state index in [9.17, 15) is 4.79 Å². The minimum atomic E-state index is -0.0513. The van der Waals surface area contributed by atoms with E-state index in [0.717, 1.165) is 21.5 Å². The highest BCUT2D eigenvalue weighted by Gasteiger charge is 2.03. The molecular formula is C13H13BrClN3O. The lowest BCUT2D eigenvalue weighted by Crippen LogP contribution is -2.29. The Kier molecular flexibility index (Phi) is 4.99. The molecule has 19 heavy (non-hydrogen) atoms. The van der Waals surface area contributed by atoms with Gasteiger partial charge in [0, 0.05) is 17.8 Å². The van der Waals surface area contributed by atoms with Gasteiger partial charge in [0.2, 0.25) is 5.91 Å². The molecule has 0 aliphatic rings. The number of carbonyl (C=O) groups excluding carboxylic acids is 1. The fourth-order valence-corrected chi connectivity index (χ4v) is 2.08. The Balaban J connectivity index is 1.73. The van der Waals surface area contributed by atoms with E-state index in [2.05, 4.69) is 26.3 Å². The number of hydrogen-bond donors (Lipinski definition) is 1. The van der Waals surface area contributed by atoms with Gasteiger partial charge in [0.25, 0.3) is 0 Å². The third kappa shape index (κ3) is 4.69. The third-order valence-corrected chi connectivity index (χ3v) is 3.22. The van der Waals surface area contributed by atoms with Crippen LogP contribution >= 0.6 is 27.5 Å². The molecular weight excluding hydrogens is 330 g/mol. The summed E-state index contributed by atoms with van der Waals surface area (Å²) in [6.07, 6.45) is 4.20. The van der Waals surface area contributed by atoms with Crippen LogP contribution in [0.25, 0.3) is 0 Å². The van der Waals surface area contributed by atoms with Crippen molar-refractivity contribution in [1.29, 1.82) is 0 Å². The van der Waals surface area contributed by atoms with E-state index < -0.39 is 0 Å². The molecule has 0 spiro atoms. The van der Waals surface area contributed by atoms with Crippen LogP contribution < -0.4 is 5.32 Å². The van der Waals surface area contributed by atoms with E-state index in [4.69, 9.17) is 11.6 Å². The van der Waals surface area contributed by atoms with Crippen LogP contribution in [0.3, 0.4) is 0 Å². The highest BCUT2D eigenvalue weighted by atomic mass is 79.9. The minimum absolute atomic E-state index is 0.0513. The van der Waals surface area contributed by atoms with Crippen LogP contribution in [0, 0.1) is 0 Å². The predicted octanol–water partition coefficient (Wildman–Crippen LogP) is 2.66. The van der Waals surface area contributed by atoms with E-state index in [-0.39, 0.29) is 12.5 Å². The van der Waals surface area contributed by atoms with Gasteiger partial charge in [-0.1, -0.05) is 23.7 Å². The van der Waals surface area contributed by atoms with Gasteiger partial charge >= 0.3 is 0 Å². The first-order chi connectivity index (χ1) is 9.13. The van der Waals surface area contributed by atoms with Crippen LogP contribution in [-0.2, 0) is 17.8 Å². The Morgan fingerprint density at radius 1 is 1.37 bits per heavy atom. The highest BCUT2D eigenvalue weighted by Crippen LogP contribution is 2.09. The standard InChI is InChI=1S/C13H13BrClN3O/c14-11-7-17-18(8-11)9-13(19)16-6-5-10-1-3-12(15)4-2-10/h1-4,7-8H,5-6,9H2,(H,16,19). The second kappa shape index (κ2) is 6.73. The average molecular weight is 343 g/mol. The maximum Gasteiger partial charge on any atom is 0.241 e. The zero-order valence-corrected chi connectivity index (χ0v) is 12.5. The van der Waals surface area contributed by atoms with Crippen molar-refractivity contribution in [2.24, 2.45) is 0 Å². The van der Waals surface area contributed by atoms with Gasteiger partial charge in [0.05, 0.1) is 10.7 Å². The molecule has 0 saturated heterocycles. The molecule has 2 rings (SSSR count). The lowest BCUT2D eigenvalue weighted by molar-refractivity contribution is -0.121. The van der Waals surface area contributed by atoms with Gasteiger partial charge in [-0.15, -0.1) is 0 Å². The molecule has 0 fully saturated rings. The van der Waals surface area contributed by atoms with Crippen LogP contribution in [0.15, 0.2) is 41.1 Å². The molecule has 0 atom stereocenters. The van der Waals surface area contributed by atoms with Crippen LogP contribution in [0.2, 0.25) is 5.02 Å². The Morgan fingerprint density at radius 2 is 2.11 bits per heavy atom. The van der Waals surface area contributed by atoms with Gasteiger partial charge in [-0.25, -0.2) is 0 Å². The molecule has 100 valence electrons. The quantitative estimate of drug-likeness (QED) is 0.908. The van der Waals surface area contributed by atoms with Gasteiger partial charge in [-0.2, -0.15) is 5.10 Å². The summed E-state index contributed by atoms with van der Waals surface area (Å²) in [6.45, 7) is 0.828. The number of aromatic nitrogens is 2. The fraction of sp³-hybridized carbons (Fsp3) is 0.231. The molecule has 1 aromatic carbocycles. The number of nitrogens with zero attached hydrogens (tertiary/aromatic N) is 2. The topological polar surface area (TPSA) is 46.9 Å². The van der Waals surface area contributed by atoms with Crippen molar-refractivity contribution >= 4 is 33.4 Å². The number of rotatable bonds is 5. The minimum Gasteiger partial charge on any atom is -0.354 e. The Bertz CT molecular complexity index is 553. The van der Waals surface area contributed by atoms with Crippen LogP contribution in [0.5, 0.6) is 0 Å². The summed E-state index contributed by atoms with van der Waals surface area (Å²) < 4.78 is 2.45. The van der Waals surface area contributed by atoms with Crippen molar-refractivity contribution in [3.05, 3.63) is 51.7 Å². The molecule has 2 aromatic rings. The molecule has 6 heteroatoms. The average Bonchev–Trinajstić information content (AvgIpc) is 2.77. The normalized spacial score (nSPS) is 10.4. The van der Waals surface area contributed by atoms with Gasteiger partial charge < -0.3 is 5.32 Å². The van der Waals surface area contributed by atoms with Gasteiger partial charge in [-0.3, -0.25) is 9.48 Å². The summed E-state index contributed by atoms with van der Waals surface area (Å²) in [5.41, 5.74) is 1.14. The zero-order valence-electron chi connectivity index (χ0n) is 10.1. The zero-order chi connectivity index (χ0) is 13.7.